The number of benzene rings is 2. The molecule has 1 aromatic heterocycles. The Hall–Kier alpha value is -4.12. The smallest absolute Gasteiger partial charge is 0.227 e. The van der Waals surface area contributed by atoms with Crippen molar-refractivity contribution in [2.75, 3.05) is 25.2 Å². The van der Waals surface area contributed by atoms with Crippen LogP contribution in [0.25, 0.3) is 0 Å². The zero-order chi connectivity index (χ0) is 21.4. The Morgan fingerprint density at radius 2 is 2.00 bits per heavy atom. The largest absolute Gasteiger partial charge is 0.508 e. The van der Waals surface area contributed by atoms with Crippen LogP contribution in [-0.2, 0) is 0 Å². The van der Waals surface area contributed by atoms with Crippen LogP contribution in [0.3, 0.4) is 0 Å². The summed E-state index contributed by atoms with van der Waals surface area (Å²) in [5.74, 6) is 1.41. The van der Waals surface area contributed by atoms with Crippen molar-refractivity contribution in [3.8, 4) is 34.9 Å². The molecule has 2 aromatic carbocycles. The van der Waals surface area contributed by atoms with Gasteiger partial charge in [0.2, 0.25) is 5.88 Å². The van der Waals surface area contributed by atoms with E-state index >= 15 is 0 Å². The summed E-state index contributed by atoms with van der Waals surface area (Å²) in [6.07, 6.45) is 0. The van der Waals surface area contributed by atoms with E-state index in [1.807, 2.05) is 31.2 Å². The summed E-state index contributed by atoms with van der Waals surface area (Å²) in [5.41, 5.74) is 14.7. The lowest BCUT2D eigenvalue weighted by Gasteiger charge is -2.30. The molecule has 2 heterocycles. The number of aromatic nitrogens is 1. The molecule has 0 radical (unpaired) electrons. The second kappa shape index (κ2) is 7.37. The van der Waals surface area contributed by atoms with Crippen LogP contribution in [0.5, 0.6) is 28.9 Å². The molecule has 0 fully saturated rings. The number of nitrogens with zero attached hydrogens (tertiary/aromatic N) is 2. The van der Waals surface area contributed by atoms with Crippen LogP contribution < -0.4 is 25.7 Å². The number of pyridine rings is 1. The molecule has 4 rings (SSSR count). The maximum atomic E-state index is 9.93. The fourth-order valence-electron chi connectivity index (χ4n) is 3.68. The molecule has 0 saturated heterocycles. The summed E-state index contributed by atoms with van der Waals surface area (Å²) in [6.45, 7) is 2.39. The number of nitrogens with two attached hydrogens (primary N) is 2. The predicted octanol–water partition coefficient (Wildman–Crippen LogP) is 3.52. The van der Waals surface area contributed by atoms with E-state index in [1.165, 1.54) is 6.07 Å². The molecule has 1 unspecified atom stereocenters. The topological polar surface area (TPSA) is 137 Å². The highest BCUT2D eigenvalue weighted by molar-refractivity contribution is 5.75. The minimum atomic E-state index is -0.422. The molecule has 30 heavy (non-hydrogen) atoms. The molecule has 0 amide bonds. The van der Waals surface area contributed by atoms with Crippen LogP contribution in [0, 0.1) is 11.3 Å². The molecular weight excluding hydrogens is 384 g/mol. The van der Waals surface area contributed by atoms with Gasteiger partial charge in [-0.1, -0.05) is 12.1 Å². The van der Waals surface area contributed by atoms with Crippen LogP contribution in [0.2, 0.25) is 0 Å². The molecule has 152 valence electrons. The highest BCUT2D eigenvalue weighted by atomic mass is 16.5. The highest BCUT2D eigenvalue weighted by Gasteiger charge is 2.34. The first kappa shape index (κ1) is 19.2. The maximum Gasteiger partial charge on any atom is 0.227 e. The number of aromatic hydroxyl groups is 1. The number of rotatable bonds is 4. The number of hydrogen-bond donors (Lipinski definition) is 3. The quantitative estimate of drug-likeness (QED) is 0.470. The fraction of sp³-hybridized carbons (Fsp3) is 0.182. The van der Waals surface area contributed by atoms with Crippen LogP contribution in [-0.4, -0.2) is 23.8 Å². The zero-order valence-electron chi connectivity index (χ0n) is 16.5. The summed E-state index contributed by atoms with van der Waals surface area (Å²) in [6, 6.07) is 12.4. The zero-order valence-corrected chi connectivity index (χ0v) is 16.5. The molecule has 0 bridgehead atoms. The molecule has 8 nitrogen and oxygen atoms in total. The number of nitriles is 1. The van der Waals surface area contributed by atoms with Gasteiger partial charge < -0.3 is 30.8 Å². The predicted molar refractivity (Wildman–Crippen MR) is 111 cm³/mol. The van der Waals surface area contributed by atoms with Crippen molar-refractivity contribution < 1.29 is 19.3 Å². The van der Waals surface area contributed by atoms with Crippen LogP contribution in [0.1, 0.15) is 35.1 Å². The van der Waals surface area contributed by atoms with Gasteiger partial charge in [-0.05, 0) is 30.7 Å². The van der Waals surface area contributed by atoms with Crippen molar-refractivity contribution in [3.63, 3.8) is 0 Å². The van der Waals surface area contributed by atoms with Crippen molar-refractivity contribution in [3.05, 3.63) is 58.7 Å². The first-order valence-corrected chi connectivity index (χ1v) is 9.28. The summed E-state index contributed by atoms with van der Waals surface area (Å²) < 4.78 is 17.0. The van der Waals surface area contributed by atoms with E-state index in [1.54, 1.807) is 19.2 Å². The molecule has 0 saturated carbocycles. The van der Waals surface area contributed by atoms with Gasteiger partial charge in [0, 0.05) is 17.5 Å². The average molecular weight is 404 g/mol. The summed E-state index contributed by atoms with van der Waals surface area (Å²) in [5, 5.41) is 19.4. The third kappa shape index (κ3) is 2.97. The number of hydrogen-bond acceptors (Lipinski definition) is 8. The Labute approximate surface area is 173 Å². The Kier molecular flexibility index (Phi) is 4.72. The lowest BCUT2D eigenvalue weighted by atomic mass is 9.82. The number of phenolic OH excluding ortho intramolecular Hbond substituents is 1. The minimum absolute atomic E-state index is 0.0135. The van der Waals surface area contributed by atoms with E-state index in [4.69, 9.17) is 25.7 Å². The van der Waals surface area contributed by atoms with E-state index in [-0.39, 0.29) is 28.7 Å². The van der Waals surface area contributed by atoms with Gasteiger partial charge in [-0.3, -0.25) is 0 Å². The summed E-state index contributed by atoms with van der Waals surface area (Å²) in [7, 11) is 1.57. The number of nitrogen functional groups attached to an aromatic ring is 2. The first-order chi connectivity index (χ1) is 14.5. The summed E-state index contributed by atoms with van der Waals surface area (Å²) >= 11 is 0. The number of phenols is 1. The van der Waals surface area contributed by atoms with Crippen molar-refractivity contribution in [2.24, 2.45) is 0 Å². The van der Waals surface area contributed by atoms with Crippen LogP contribution in [0.15, 0.2) is 36.4 Å². The maximum absolute atomic E-state index is 9.93. The molecule has 5 N–H and O–H groups in total. The fourth-order valence-corrected chi connectivity index (χ4v) is 3.68. The van der Waals surface area contributed by atoms with E-state index in [9.17, 15) is 10.4 Å². The molecular formula is C22H20N4O4. The molecule has 1 aliphatic rings. The first-order valence-electron chi connectivity index (χ1n) is 9.28. The van der Waals surface area contributed by atoms with Gasteiger partial charge in [-0.2, -0.15) is 10.2 Å². The number of fused-ring (bicyclic) bond motifs is 2. The monoisotopic (exact) mass is 404 g/mol. The minimum Gasteiger partial charge on any atom is -0.508 e. The van der Waals surface area contributed by atoms with Crippen molar-refractivity contribution in [2.45, 2.75) is 12.8 Å². The SMILES string of the molecule is CCOc1ccc(C2c3ccc(O)cc3Oc3nc(N)c(C#N)c(N)c32)cc1OC. The van der Waals surface area contributed by atoms with Gasteiger partial charge in [0.1, 0.15) is 28.9 Å². The van der Waals surface area contributed by atoms with E-state index in [0.717, 1.165) is 11.1 Å². The van der Waals surface area contributed by atoms with Gasteiger partial charge in [0.25, 0.3) is 0 Å². The third-order valence-electron chi connectivity index (χ3n) is 5.00. The molecule has 8 heteroatoms. The average Bonchev–Trinajstić information content (AvgIpc) is 2.73. The Bertz CT molecular complexity index is 1190. The molecule has 3 aromatic rings. The summed E-state index contributed by atoms with van der Waals surface area (Å²) in [4.78, 5) is 4.25. The molecule has 1 aliphatic heterocycles. The van der Waals surface area contributed by atoms with Gasteiger partial charge >= 0.3 is 0 Å². The highest BCUT2D eigenvalue weighted by Crippen LogP contribution is 2.51. The molecule has 0 spiro atoms. The van der Waals surface area contributed by atoms with Gasteiger partial charge in [-0.25, -0.2) is 0 Å². The van der Waals surface area contributed by atoms with Crippen molar-refractivity contribution in [1.82, 2.24) is 4.98 Å². The normalized spacial score (nSPS) is 14.1. The number of anilines is 2. The Morgan fingerprint density at radius 1 is 1.20 bits per heavy atom. The van der Waals surface area contributed by atoms with Crippen molar-refractivity contribution in [1.29, 1.82) is 5.26 Å². The second-order valence-electron chi connectivity index (χ2n) is 6.72. The standard InChI is InChI=1S/C22H20N4O4/c1-3-29-15-7-4-11(8-17(15)28-2)18-13-6-5-12(27)9-16(13)30-22-19(18)20(24)14(10-23)21(25)26-22/h4-9,18,27H,3H2,1-2H3,(H4,24,25,26). The van der Waals surface area contributed by atoms with E-state index in [2.05, 4.69) is 4.98 Å². The Morgan fingerprint density at radius 3 is 2.70 bits per heavy atom. The lowest BCUT2D eigenvalue weighted by Crippen LogP contribution is -2.17. The Balaban J connectivity index is 1.99. The second-order valence-corrected chi connectivity index (χ2v) is 6.72. The lowest BCUT2D eigenvalue weighted by molar-refractivity contribution is 0.310. The van der Waals surface area contributed by atoms with Crippen molar-refractivity contribution >= 4 is 11.5 Å². The number of ether oxygens (including phenoxy) is 3. The third-order valence-corrected chi connectivity index (χ3v) is 5.00. The van der Waals surface area contributed by atoms with Gasteiger partial charge in [0.15, 0.2) is 11.5 Å². The van der Waals surface area contributed by atoms with Gasteiger partial charge in [-0.15, -0.1) is 0 Å². The van der Waals surface area contributed by atoms with E-state index < -0.39 is 5.92 Å². The molecule has 1 atom stereocenters. The van der Waals surface area contributed by atoms with Crippen LogP contribution in [0.4, 0.5) is 11.5 Å². The number of methoxy groups -OCH3 is 1. The van der Waals surface area contributed by atoms with E-state index in [0.29, 0.717) is 29.4 Å². The van der Waals surface area contributed by atoms with Crippen LogP contribution >= 0.6 is 0 Å². The molecule has 0 aliphatic carbocycles. The van der Waals surface area contributed by atoms with Gasteiger partial charge in [0.05, 0.1) is 25.0 Å².